The molecule has 11 N–H and O–H groups in total. The highest BCUT2D eigenvalue weighted by Gasteiger charge is 2.32. The third-order valence-electron chi connectivity index (χ3n) is 10.6. The minimum Gasteiger partial charge on any atom is -0.480 e. The molecule has 0 radical (unpaired) electrons. The first-order valence-electron chi connectivity index (χ1n) is 21.5. The quantitative estimate of drug-likeness (QED) is 0.0528. The van der Waals surface area contributed by atoms with E-state index in [4.69, 9.17) is 16.2 Å². The summed E-state index contributed by atoms with van der Waals surface area (Å²) in [6, 6.07) is 20.2. The molecule has 0 unspecified atom stereocenters. The van der Waals surface area contributed by atoms with Gasteiger partial charge in [0.15, 0.2) is 0 Å². The molecule has 0 saturated heterocycles. The second kappa shape index (κ2) is 25.6. The number of nitrogens with two attached hydrogens (primary N) is 2. The lowest BCUT2D eigenvalue weighted by molar-refractivity contribution is -0.142. The predicted octanol–water partition coefficient (Wildman–Crippen LogP) is 2.21. The van der Waals surface area contributed by atoms with Crippen molar-refractivity contribution < 1.29 is 43.4 Å². The minimum absolute atomic E-state index is 0.0392. The van der Waals surface area contributed by atoms with Crippen LogP contribution in [0.25, 0.3) is 11.1 Å². The zero-order valence-electron chi connectivity index (χ0n) is 36.0. The van der Waals surface area contributed by atoms with Gasteiger partial charge in [-0.15, -0.1) is 0 Å². The summed E-state index contributed by atoms with van der Waals surface area (Å²) in [4.78, 5) is 91.4. The molecule has 0 aliphatic heterocycles. The molecule has 4 atom stereocenters. The van der Waals surface area contributed by atoms with Gasteiger partial charge >= 0.3 is 12.1 Å². The number of fused-ring (bicyclic) bond motifs is 3. The van der Waals surface area contributed by atoms with Gasteiger partial charge in [-0.1, -0.05) is 92.7 Å². The molecule has 17 heteroatoms. The summed E-state index contributed by atoms with van der Waals surface area (Å²) in [5.74, 6) is -4.89. The van der Waals surface area contributed by atoms with Gasteiger partial charge in [-0.2, -0.15) is 0 Å². The van der Waals surface area contributed by atoms with Crippen LogP contribution in [-0.2, 0) is 39.9 Å². The fraction of sp³-hybridized carbons (Fsp3) is 0.457. The number of carboxylic acid groups (broad SMARTS) is 1. The Bertz CT molecular complexity index is 1970. The number of unbranched alkanes of at least 4 members (excludes halogenated alkanes) is 2. The van der Waals surface area contributed by atoms with Gasteiger partial charge in [0.05, 0.1) is 13.1 Å². The lowest BCUT2D eigenvalue weighted by atomic mass is 9.98. The van der Waals surface area contributed by atoms with Crippen molar-refractivity contribution in [3.63, 3.8) is 0 Å². The van der Waals surface area contributed by atoms with Gasteiger partial charge in [0.25, 0.3) is 0 Å². The number of alkyl carbamates (subject to hydrolysis) is 1. The van der Waals surface area contributed by atoms with Gasteiger partial charge in [0.2, 0.25) is 29.5 Å². The second-order valence-electron chi connectivity index (χ2n) is 16.0. The van der Waals surface area contributed by atoms with Crippen LogP contribution in [0.3, 0.4) is 0 Å². The number of aliphatic carboxylic acids is 1. The lowest BCUT2D eigenvalue weighted by Crippen LogP contribution is -2.57. The van der Waals surface area contributed by atoms with Crippen LogP contribution >= 0.6 is 0 Å². The number of ether oxygens (including phenoxy) is 1. The van der Waals surface area contributed by atoms with Crippen LogP contribution in [0.4, 0.5) is 4.79 Å². The molecular formula is C46H62N8O9. The van der Waals surface area contributed by atoms with E-state index in [1.54, 1.807) is 30.3 Å². The van der Waals surface area contributed by atoms with Gasteiger partial charge in [-0.25, -0.2) is 9.59 Å². The van der Waals surface area contributed by atoms with Crippen LogP contribution in [0, 0.1) is 5.92 Å². The Morgan fingerprint density at radius 3 is 1.73 bits per heavy atom. The maximum Gasteiger partial charge on any atom is 0.407 e. The molecule has 6 amide bonds. The molecule has 0 aromatic heterocycles. The first-order valence-corrected chi connectivity index (χ1v) is 21.5. The van der Waals surface area contributed by atoms with Gasteiger partial charge in [-0.05, 0) is 91.8 Å². The number of hydrogen-bond acceptors (Lipinski definition) is 10. The number of hydrogen-bond donors (Lipinski definition) is 9. The van der Waals surface area contributed by atoms with Crippen LogP contribution in [0.15, 0.2) is 78.9 Å². The van der Waals surface area contributed by atoms with E-state index >= 15 is 0 Å². The average Bonchev–Trinajstić information content (AvgIpc) is 3.59. The average molecular weight is 871 g/mol. The van der Waals surface area contributed by atoms with Crippen molar-refractivity contribution in [3.8, 4) is 11.1 Å². The van der Waals surface area contributed by atoms with Crippen molar-refractivity contribution in [2.45, 2.75) is 95.3 Å². The van der Waals surface area contributed by atoms with Crippen molar-refractivity contribution in [1.82, 2.24) is 31.9 Å². The van der Waals surface area contributed by atoms with E-state index in [0.29, 0.717) is 44.3 Å². The number of carbonyl (C=O) groups excluding carboxylic acids is 6. The standard InChI is InChI=1S/C46H62N8O9/c1-29(2)24-38(43(58)52-37(45(60)61)21-11-13-23-48)53-44(59)39(25-30-14-4-3-5-15-30)51-41(56)27-49-40(55)26-50-42(57)36(20-10-12-22-47)54-46(62)63-28-35-33-18-8-6-16-31(33)32-17-7-9-19-34(32)35/h3-9,14-19,29,35-39H,10-13,20-28,47-48H2,1-2H3,(H,49,55)(H,50,57)(H,51,56)(H,52,58)(H,53,59)(H,54,62)(H,60,61)/t36-,37-,38-,39-/m0/s1. The molecule has 0 heterocycles. The van der Waals surface area contributed by atoms with Crippen LogP contribution in [0.5, 0.6) is 0 Å². The monoisotopic (exact) mass is 870 g/mol. The van der Waals surface area contributed by atoms with Gasteiger partial charge in [0.1, 0.15) is 30.8 Å². The van der Waals surface area contributed by atoms with Crippen molar-refractivity contribution in [1.29, 1.82) is 0 Å². The van der Waals surface area contributed by atoms with E-state index in [1.165, 1.54) is 0 Å². The molecule has 340 valence electrons. The highest BCUT2D eigenvalue weighted by atomic mass is 16.5. The Hall–Kier alpha value is -6.33. The molecule has 4 rings (SSSR count). The topological polar surface area (TPSA) is 273 Å². The normalized spacial score (nSPS) is 13.6. The first kappa shape index (κ1) is 49.3. The van der Waals surface area contributed by atoms with Gasteiger partial charge < -0.3 is 53.2 Å². The van der Waals surface area contributed by atoms with Gasteiger partial charge in [-0.3, -0.25) is 24.0 Å². The summed E-state index contributed by atoms with van der Waals surface area (Å²) in [6.45, 7) is 3.43. The van der Waals surface area contributed by atoms with E-state index in [2.05, 4.69) is 31.9 Å². The van der Waals surface area contributed by atoms with Gasteiger partial charge in [0, 0.05) is 12.3 Å². The maximum atomic E-state index is 13.7. The number of rotatable bonds is 26. The molecule has 0 saturated carbocycles. The van der Waals surface area contributed by atoms with Crippen LogP contribution in [-0.4, -0.2) is 104 Å². The SMILES string of the molecule is CC(C)C[C@H](NC(=O)[C@H](Cc1ccccc1)NC(=O)CNC(=O)CNC(=O)[C@H](CCCCN)NC(=O)OCC1c2ccccc2-c2ccccc21)C(=O)N[C@@H](CCCCN)C(=O)O. The summed E-state index contributed by atoms with van der Waals surface area (Å²) in [7, 11) is 0. The van der Waals surface area contributed by atoms with E-state index in [0.717, 1.165) is 22.3 Å². The van der Waals surface area contributed by atoms with Crippen LogP contribution < -0.4 is 43.4 Å². The van der Waals surface area contributed by atoms with Crippen molar-refractivity contribution in [2.75, 3.05) is 32.8 Å². The summed E-state index contributed by atoms with van der Waals surface area (Å²) in [5.41, 5.74) is 16.1. The Kier molecular flexibility index (Phi) is 20.0. The zero-order chi connectivity index (χ0) is 45.7. The molecule has 1 aliphatic rings. The van der Waals surface area contributed by atoms with Crippen molar-refractivity contribution in [3.05, 3.63) is 95.6 Å². The van der Waals surface area contributed by atoms with E-state index in [9.17, 15) is 38.7 Å². The van der Waals surface area contributed by atoms with Crippen LogP contribution in [0.1, 0.15) is 81.4 Å². The Balaban J connectivity index is 1.32. The molecule has 0 bridgehead atoms. The fourth-order valence-electron chi connectivity index (χ4n) is 7.38. The molecule has 0 spiro atoms. The Morgan fingerprint density at radius 2 is 1.14 bits per heavy atom. The van der Waals surface area contributed by atoms with Crippen molar-refractivity contribution in [2.24, 2.45) is 17.4 Å². The summed E-state index contributed by atoms with van der Waals surface area (Å²) >= 11 is 0. The Labute approximate surface area is 368 Å². The number of benzene rings is 3. The van der Waals surface area contributed by atoms with Crippen LogP contribution in [0.2, 0.25) is 0 Å². The van der Waals surface area contributed by atoms with Crippen molar-refractivity contribution >= 4 is 41.6 Å². The third-order valence-corrected chi connectivity index (χ3v) is 10.6. The number of nitrogens with one attached hydrogen (secondary N) is 6. The molecule has 0 fully saturated rings. The third kappa shape index (κ3) is 15.8. The smallest absolute Gasteiger partial charge is 0.407 e. The fourth-order valence-corrected chi connectivity index (χ4v) is 7.38. The zero-order valence-corrected chi connectivity index (χ0v) is 36.0. The Morgan fingerprint density at radius 1 is 0.603 bits per heavy atom. The van der Waals surface area contributed by atoms with E-state index in [-0.39, 0.29) is 44.1 Å². The summed E-state index contributed by atoms with van der Waals surface area (Å²) in [6.07, 6.45) is 2.02. The largest absolute Gasteiger partial charge is 0.480 e. The second-order valence-corrected chi connectivity index (χ2v) is 16.0. The minimum atomic E-state index is -1.21. The summed E-state index contributed by atoms with van der Waals surface area (Å²) in [5, 5.41) is 25.1. The summed E-state index contributed by atoms with van der Waals surface area (Å²) < 4.78 is 5.64. The number of carboxylic acids is 1. The molecule has 63 heavy (non-hydrogen) atoms. The van der Waals surface area contributed by atoms with E-state index in [1.807, 2.05) is 62.4 Å². The number of amides is 6. The van der Waals surface area contributed by atoms with E-state index < -0.39 is 78.9 Å². The molecule has 17 nitrogen and oxygen atoms in total. The molecule has 3 aromatic carbocycles. The maximum absolute atomic E-state index is 13.7. The molecule has 3 aromatic rings. The molecular weight excluding hydrogens is 809 g/mol. The molecule has 1 aliphatic carbocycles. The lowest BCUT2D eigenvalue weighted by Gasteiger charge is -2.25. The highest BCUT2D eigenvalue weighted by molar-refractivity contribution is 5.95. The highest BCUT2D eigenvalue weighted by Crippen LogP contribution is 2.44. The predicted molar refractivity (Wildman–Crippen MR) is 237 cm³/mol. The first-order chi connectivity index (χ1) is 30.3. The number of carbonyl (C=O) groups is 7.